The van der Waals surface area contributed by atoms with Crippen LogP contribution in [0.4, 0.5) is 20.6 Å². The zero-order valence-corrected chi connectivity index (χ0v) is 22.8. The van der Waals surface area contributed by atoms with Crippen LogP contribution in [0, 0.1) is 0 Å². The molecule has 1 aromatic rings. The molecule has 2 fully saturated rings. The topological polar surface area (TPSA) is 94.2 Å². The van der Waals surface area contributed by atoms with Crippen LogP contribution < -0.4 is 20.4 Å². The molecule has 2 aliphatic heterocycles. The summed E-state index contributed by atoms with van der Waals surface area (Å²) in [5.74, 6) is -0.453. The van der Waals surface area contributed by atoms with E-state index in [1.807, 2.05) is 17.0 Å². The summed E-state index contributed by atoms with van der Waals surface area (Å²) >= 11 is 10.2. The largest absolute Gasteiger partial charge is 0.442 e. The Morgan fingerprint density at radius 1 is 1.12 bits per heavy atom. The molecule has 3 rings (SSSR count). The van der Waals surface area contributed by atoms with Crippen LogP contribution in [0.1, 0.15) is 13.8 Å². The van der Waals surface area contributed by atoms with Crippen LogP contribution in [0.15, 0.2) is 24.3 Å². The standard InChI is InChI=1S/C20H25Br3FN5O4/c1-12(30)25-9-16-10-29(19(32)33-16)15-5-3-14(4-6-15)27-7-8-28(17(24)11-27)18(20(21,22)23)26-13(2)31/h3-6,16-18H,7-11H2,1-2H3,(H,25,30)(H,26,31). The Bertz CT molecular complexity index is 885. The van der Waals surface area contributed by atoms with Crippen molar-refractivity contribution in [2.45, 2.75) is 34.6 Å². The number of alkyl halides is 4. The molecule has 3 amide bonds. The highest BCUT2D eigenvalue weighted by Gasteiger charge is 2.42. The first-order valence-electron chi connectivity index (χ1n) is 10.3. The summed E-state index contributed by atoms with van der Waals surface area (Å²) in [6, 6.07) is 7.25. The van der Waals surface area contributed by atoms with Gasteiger partial charge in [-0.2, -0.15) is 0 Å². The molecule has 3 atom stereocenters. The van der Waals surface area contributed by atoms with E-state index < -0.39 is 26.8 Å². The smallest absolute Gasteiger partial charge is 0.414 e. The molecule has 1 aromatic carbocycles. The van der Waals surface area contributed by atoms with E-state index in [1.54, 1.807) is 17.0 Å². The number of hydrogen-bond donors (Lipinski definition) is 2. The van der Waals surface area contributed by atoms with Crippen LogP contribution in [-0.4, -0.2) is 76.2 Å². The summed E-state index contributed by atoms with van der Waals surface area (Å²) < 4.78 is 19.5. The fourth-order valence-corrected chi connectivity index (χ4v) is 4.90. The average Bonchev–Trinajstić information content (AvgIpc) is 3.10. The number of cyclic esters (lactones) is 1. The summed E-state index contributed by atoms with van der Waals surface area (Å²) in [7, 11) is 0. The summed E-state index contributed by atoms with van der Waals surface area (Å²) in [5.41, 5.74) is 1.49. The minimum absolute atomic E-state index is 0.114. The summed E-state index contributed by atoms with van der Waals surface area (Å²) in [6.07, 6.45) is -2.86. The number of nitrogens with zero attached hydrogens (tertiary/aromatic N) is 3. The third kappa shape index (κ3) is 6.80. The van der Waals surface area contributed by atoms with Crippen LogP contribution in [0.2, 0.25) is 0 Å². The van der Waals surface area contributed by atoms with Gasteiger partial charge in [0.15, 0.2) is 8.44 Å². The van der Waals surface area contributed by atoms with Crippen molar-refractivity contribution < 1.29 is 23.5 Å². The number of piperazine rings is 1. The molecule has 0 bridgehead atoms. The minimum atomic E-state index is -1.33. The van der Waals surface area contributed by atoms with Gasteiger partial charge in [0, 0.05) is 38.3 Å². The van der Waals surface area contributed by atoms with Crippen molar-refractivity contribution in [2.24, 2.45) is 0 Å². The minimum Gasteiger partial charge on any atom is -0.442 e. The molecular weight excluding hydrogens is 633 g/mol. The quantitative estimate of drug-likeness (QED) is 0.361. The zero-order chi connectivity index (χ0) is 24.3. The number of nitrogens with one attached hydrogen (secondary N) is 2. The first kappa shape index (κ1) is 26.2. The number of ether oxygens (including phenoxy) is 1. The number of rotatable bonds is 6. The number of carbonyl (C=O) groups excluding carboxylic acids is 3. The summed E-state index contributed by atoms with van der Waals surface area (Å²) in [5, 5.41) is 5.40. The van der Waals surface area contributed by atoms with Crippen LogP contribution in [0.3, 0.4) is 0 Å². The lowest BCUT2D eigenvalue weighted by atomic mass is 10.2. The van der Waals surface area contributed by atoms with Crippen LogP contribution >= 0.6 is 47.8 Å². The molecule has 13 heteroatoms. The van der Waals surface area contributed by atoms with Gasteiger partial charge in [0.05, 0.1) is 19.6 Å². The van der Waals surface area contributed by atoms with Crippen molar-refractivity contribution in [1.82, 2.24) is 15.5 Å². The second-order valence-corrected chi connectivity index (χ2v) is 14.8. The maximum atomic E-state index is 15.1. The SMILES string of the molecule is CC(=O)NCC1CN(c2ccc(N3CCN(C(NC(C)=O)C(Br)(Br)Br)C(F)C3)cc2)C(=O)O1. The molecule has 0 aliphatic carbocycles. The lowest BCUT2D eigenvalue weighted by molar-refractivity contribution is -0.122. The van der Waals surface area contributed by atoms with E-state index in [2.05, 4.69) is 58.4 Å². The Labute approximate surface area is 216 Å². The Morgan fingerprint density at radius 3 is 2.30 bits per heavy atom. The predicted molar refractivity (Wildman–Crippen MR) is 134 cm³/mol. The number of amides is 3. The van der Waals surface area contributed by atoms with Gasteiger partial charge in [-0.05, 0) is 24.3 Å². The number of halogens is 4. The van der Waals surface area contributed by atoms with Gasteiger partial charge in [-0.25, -0.2) is 14.1 Å². The van der Waals surface area contributed by atoms with Gasteiger partial charge in [0.1, 0.15) is 12.3 Å². The number of benzene rings is 1. The van der Waals surface area contributed by atoms with Gasteiger partial charge in [0.2, 0.25) is 11.8 Å². The van der Waals surface area contributed by atoms with Crippen LogP contribution in [-0.2, 0) is 14.3 Å². The highest BCUT2D eigenvalue weighted by molar-refractivity contribution is 9.39. The fraction of sp³-hybridized carbons (Fsp3) is 0.550. The van der Waals surface area contributed by atoms with Crippen molar-refractivity contribution in [1.29, 1.82) is 0 Å². The number of hydrogen-bond acceptors (Lipinski definition) is 6. The third-order valence-electron chi connectivity index (χ3n) is 5.32. The van der Waals surface area contributed by atoms with Crippen molar-refractivity contribution >= 4 is 77.1 Å². The fourth-order valence-electron chi connectivity index (χ4n) is 3.76. The van der Waals surface area contributed by atoms with Gasteiger partial charge in [0.25, 0.3) is 0 Å². The van der Waals surface area contributed by atoms with E-state index in [0.717, 1.165) is 5.69 Å². The maximum Gasteiger partial charge on any atom is 0.414 e. The number of carbonyl (C=O) groups is 3. The van der Waals surface area contributed by atoms with Crippen molar-refractivity contribution in [2.75, 3.05) is 42.5 Å². The van der Waals surface area contributed by atoms with E-state index in [4.69, 9.17) is 4.74 Å². The Morgan fingerprint density at radius 2 is 1.76 bits per heavy atom. The molecule has 0 radical (unpaired) electrons. The van der Waals surface area contributed by atoms with Gasteiger partial charge in [-0.3, -0.25) is 14.5 Å². The highest BCUT2D eigenvalue weighted by atomic mass is 80.0. The average molecular weight is 658 g/mol. The Balaban J connectivity index is 1.62. The second-order valence-electron chi connectivity index (χ2n) is 7.83. The zero-order valence-electron chi connectivity index (χ0n) is 18.1. The van der Waals surface area contributed by atoms with Gasteiger partial charge in [-0.1, -0.05) is 47.8 Å². The predicted octanol–water partition coefficient (Wildman–Crippen LogP) is 2.87. The van der Waals surface area contributed by atoms with E-state index >= 15 is 4.39 Å². The maximum absolute atomic E-state index is 15.1. The molecule has 9 nitrogen and oxygen atoms in total. The molecule has 33 heavy (non-hydrogen) atoms. The molecule has 0 saturated carbocycles. The van der Waals surface area contributed by atoms with Gasteiger partial charge < -0.3 is 20.3 Å². The normalized spacial score (nSPS) is 22.7. The molecule has 2 heterocycles. The van der Waals surface area contributed by atoms with Gasteiger partial charge >= 0.3 is 6.09 Å². The molecule has 2 N–H and O–H groups in total. The molecule has 2 saturated heterocycles. The Hall–Kier alpha value is -1.44. The highest BCUT2D eigenvalue weighted by Crippen LogP contribution is 2.40. The molecule has 0 aromatic heterocycles. The van der Waals surface area contributed by atoms with E-state index in [9.17, 15) is 14.4 Å². The molecule has 2 aliphatic rings. The summed E-state index contributed by atoms with van der Waals surface area (Å²) in [6.45, 7) is 4.42. The third-order valence-corrected chi connectivity index (χ3v) is 6.62. The lowest BCUT2D eigenvalue weighted by Crippen LogP contribution is -2.63. The van der Waals surface area contributed by atoms with E-state index in [-0.39, 0.29) is 24.9 Å². The van der Waals surface area contributed by atoms with Crippen LogP contribution in [0.25, 0.3) is 0 Å². The lowest BCUT2D eigenvalue weighted by Gasteiger charge is -2.44. The van der Waals surface area contributed by atoms with Crippen molar-refractivity contribution in [3.8, 4) is 0 Å². The van der Waals surface area contributed by atoms with Gasteiger partial charge in [-0.15, -0.1) is 0 Å². The van der Waals surface area contributed by atoms with Crippen molar-refractivity contribution in [3.05, 3.63) is 24.3 Å². The summed E-state index contributed by atoms with van der Waals surface area (Å²) in [4.78, 5) is 39.9. The molecule has 3 unspecified atom stereocenters. The van der Waals surface area contributed by atoms with E-state index in [1.165, 1.54) is 18.7 Å². The molecular formula is C20H25Br3FN5O4. The number of anilines is 2. The van der Waals surface area contributed by atoms with Crippen molar-refractivity contribution in [3.63, 3.8) is 0 Å². The second kappa shape index (κ2) is 10.9. The first-order valence-corrected chi connectivity index (χ1v) is 12.6. The monoisotopic (exact) mass is 655 g/mol. The molecule has 0 spiro atoms. The Kier molecular flexibility index (Phi) is 8.62. The van der Waals surface area contributed by atoms with Crippen LogP contribution in [0.5, 0.6) is 0 Å². The van der Waals surface area contributed by atoms with E-state index in [0.29, 0.717) is 25.3 Å². The first-order chi connectivity index (χ1) is 15.5. The molecule has 182 valence electrons.